The van der Waals surface area contributed by atoms with Gasteiger partial charge in [0.2, 0.25) is 5.91 Å². The quantitative estimate of drug-likeness (QED) is 0.920. The van der Waals surface area contributed by atoms with Gasteiger partial charge in [0.25, 0.3) is 0 Å². The summed E-state index contributed by atoms with van der Waals surface area (Å²) >= 11 is 0. The number of nitrogens with one attached hydrogen (secondary N) is 1. The molecule has 2 fully saturated rings. The molecule has 2 heterocycles. The van der Waals surface area contributed by atoms with Crippen molar-refractivity contribution >= 4 is 5.91 Å². The number of carbonyl (C=O) groups is 1. The lowest BCUT2D eigenvalue weighted by molar-refractivity contribution is -0.133. The van der Waals surface area contributed by atoms with E-state index < -0.39 is 0 Å². The maximum atomic E-state index is 12.6. The van der Waals surface area contributed by atoms with E-state index in [1.807, 2.05) is 43.0 Å². The number of carbonyl (C=O) groups excluding carboxylic acids is 1. The van der Waals surface area contributed by atoms with Crippen LogP contribution in [-0.2, 0) is 9.53 Å². The van der Waals surface area contributed by atoms with E-state index in [-0.39, 0.29) is 30.3 Å². The zero-order valence-corrected chi connectivity index (χ0v) is 12.7. The smallest absolute Gasteiger partial charge is 0.241 e. The van der Waals surface area contributed by atoms with Gasteiger partial charge in [0.05, 0.1) is 25.3 Å². The van der Waals surface area contributed by atoms with Crippen molar-refractivity contribution in [3.05, 3.63) is 29.8 Å². The molecule has 0 spiro atoms. The van der Waals surface area contributed by atoms with Crippen LogP contribution < -0.4 is 10.1 Å². The van der Waals surface area contributed by atoms with Crippen molar-refractivity contribution < 1.29 is 14.3 Å². The average molecular weight is 290 g/mol. The van der Waals surface area contributed by atoms with E-state index in [2.05, 4.69) is 5.32 Å². The van der Waals surface area contributed by atoms with Gasteiger partial charge in [-0.2, -0.15) is 0 Å². The molecule has 0 bridgehead atoms. The summed E-state index contributed by atoms with van der Waals surface area (Å²) in [5.41, 5.74) is 1.05. The van der Waals surface area contributed by atoms with Gasteiger partial charge in [-0.25, -0.2) is 0 Å². The van der Waals surface area contributed by atoms with Crippen LogP contribution in [0.1, 0.15) is 32.0 Å². The van der Waals surface area contributed by atoms with Crippen LogP contribution in [0.3, 0.4) is 0 Å². The van der Waals surface area contributed by atoms with Gasteiger partial charge >= 0.3 is 0 Å². The number of benzene rings is 1. The third-order valence-corrected chi connectivity index (χ3v) is 4.41. The third kappa shape index (κ3) is 2.51. The lowest BCUT2D eigenvalue weighted by Crippen LogP contribution is -2.43. The van der Waals surface area contributed by atoms with Crippen LogP contribution in [0.4, 0.5) is 0 Å². The van der Waals surface area contributed by atoms with Crippen molar-refractivity contribution in [1.82, 2.24) is 10.2 Å². The Labute approximate surface area is 125 Å². The van der Waals surface area contributed by atoms with Gasteiger partial charge in [-0.05, 0) is 38.0 Å². The van der Waals surface area contributed by atoms with Crippen LogP contribution in [0.15, 0.2) is 24.3 Å². The largest absolute Gasteiger partial charge is 0.497 e. The predicted molar refractivity (Wildman–Crippen MR) is 79.0 cm³/mol. The number of rotatable bonds is 3. The van der Waals surface area contributed by atoms with Crippen LogP contribution in [0, 0.1) is 0 Å². The SMILES string of the molecule is COc1cccc(C2NC(C)C(=O)N2C2CCOC2C)c1. The Balaban J connectivity index is 1.93. The summed E-state index contributed by atoms with van der Waals surface area (Å²) in [4.78, 5) is 14.5. The molecule has 5 nitrogen and oxygen atoms in total. The number of ether oxygens (including phenoxy) is 2. The zero-order valence-electron chi connectivity index (χ0n) is 12.7. The van der Waals surface area contributed by atoms with E-state index in [0.717, 1.165) is 24.3 Å². The van der Waals surface area contributed by atoms with Gasteiger partial charge in [-0.1, -0.05) is 12.1 Å². The van der Waals surface area contributed by atoms with Crippen molar-refractivity contribution in [1.29, 1.82) is 0 Å². The van der Waals surface area contributed by atoms with Gasteiger partial charge in [0, 0.05) is 6.61 Å². The molecule has 5 heteroatoms. The second-order valence-electron chi connectivity index (χ2n) is 5.74. The van der Waals surface area contributed by atoms with E-state index in [9.17, 15) is 4.79 Å². The molecule has 1 amide bonds. The molecule has 0 aliphatic carbocycles. The molecule has 2 saturated heterocycles. The number of amides is 1. The summed E-state index contributed by atoms with van der Waals surface area (Å²) in [6, 6.07) is 7.83. The highest BCUT2D eigenvalue weighted by Gasteiger charge is 2.44. The molecule has 0 radical (unpaired) electrons. The minimum Gasteiger partial charge on any atom is -0.497 e. The van der Waals surface area contributed by atoms with Crippen molar-refractivity contribution in [2.24, 2.45) is 0 Å². The first kappa shape index (κ1) is 14.4. The second kappa shape index (κ2) is 5.66. The lowest BCUT2D eigenvalue weighted by Gasteiger charge is -2.32. The van der Waals surface area contributed by atoms with E-state index in [1.54, 1.807) is 7.11 Å². The van der Waals surface area contributed by atoms with Crippen LogP contribution in [0.2, 0.25) is 0 Å². The molecule has 4 unspecified atom stereocenters. The van der Waals surface area contributed by atoms with Crippen molar-refractivity contribution in [3.63, 3.8) is 0 Å². The summed E-state index contributed by atoms with van der Waals surface area (Å²) in [5.74, 6) is 0.946. The van der Waals surface area contributed by atoms with Gasteiger partial charge in [0.15, 0.2) is 0 Å². The molecule has 0 saturated carbocycles. The molecule has 1 aromatic carbocycles. The minimum absolute atomic E-state index is 0.0779. The Morgan fingerprint density at radius 3 is 2.86 bits per heavy atom. The Hall–Kier alpha value is -1.59. The molecule has 114 valence electrons. The average Bonchev–Trinajstić information content (AvgIpc) is 3.03. The third-order valence-electron chi connectivity index (χ3n) is 4.41. The summed E-state index contributed by atoms with van der Waals surface area (Å²) in [5, 5.41) is 3.38. The van der Waals surface area contributed by atoms with Crippen molar-refractivity contribution in [2.75, 3.05) is 13.7 Å². The topological polar surface area (TPSA) is 50.8 Å². The fraction of sp³-hybridized carbons (Fsp3) is 0.562. The van der Waals surface area contributed by atoms with Crippen LogP contribution >= 0.6 is 0 Å². The van der Waals surface area contributed by atoms with Gasteiger partial charge in [-0.15, -0.1) is 0 Å². The van der Waals surface area contributed by atoms with Crippen molar-refractivity contribution in [2.45, 2.75) is 44.6 Å². The Morgan fingerprint density at radius 1 is 1.38 bits per heavy atom. The molecule has 2 aliphatic heterocycles. The molecule has 21 heavy (non-hydrogen) atoms. The Kier molecular flexibility index (Phi) is 3.87. The molecule has 0 aromatic heterocycles. The highest BCUT2D eigenvalue weighted by molar-refractivity contribution is 5.84. The highest BCUT2D eigenvalue weighted by Crippen LogP contribution is 2.33. The predicted octanol–water partition coefficient (Wildman–Crippen LogP) is 1.69. The Bertz CT molecular complexity index is 534. The van der Waals surface area contributed by atoms with E-state index in [1.165, 1.54) is 0 Å². The molecular formula is C16H22N2O3. The molecule has 3 rings (SSSR count). The zero-order chi connectivity index (χ0) is 15.0. The maximum absolute atomic E-state index is 12.6. The number of hydrogen-bond acceptors (Lipinski definition) is 4. The molecule has 1 aromatic rings. The molecule has 4 atom stereocenters. The number of methoxy groups -OCH3 is 1. The minimum atomic E-state index is -0.172. The van der Waals surface area contributed by atoms with Crippen LogP contribution in [-0.4, -0.2) is 42.7 Å². The first-order valence-corrected chi connectivity index (χ1v) is 7.45. The summed E-state index contributed by atoms with van der Waals surface area (Å²) in [6.45, 7) is 4.67. The monoisotopic (exact) mass is 290 g/mol. The molecule has 1 N–H and O–H groups in total. The van der Waals surface area contributed by atoms with Gasteiger partial charge < -0.3 is 14.4 Å². The summed E-state index contributed by atoms with van der Waals surface area (Å²) in [7, 11) is 1.65. The van der Waals surface area contributed by atoms with Gasteiger partial charge in [-0.3, -0.25) is 10.1 Å². The molecule has 2 aliphatic rings. The van der Waals surface area contributed by atoms with Crippen LogP contribution in [0.25, 0.3) is 0 Å². The second-order valence-corrected chi connectivity index (χ2v) is 5.74. The van der Waals surface area contributed by atoms with E-state index in [4.69, 9.17) is 9.47 Å². The highest BCUT2D eigenvalue weighted by atomic mass is 16.5. The van der Waals surface area contributed by atoms with Gasteiger partial charge in [0.1, 0.15) is 11.9 Å². The summed E-state index contributed by atoms with van der Waals surface area (Å²) in [6.07, 6.45) is 0.854. The first-order chi connectivity index (χ1) is 10.1. The number of hydrogen-bond donors (Lipinski definition) is 1. The molecular weight excluding hydrogens is 268 g/mol. The first-order valence-electron chi connectivity index (χ1n) is 7.45. The Morgan fingerprint density at radius 2 is 2.19 bits per heavy atom. The van der Waals surface area contributed by atoms with Crippen LogP contribution in [0.5, 0.6) is 5.75 Å². The van der Waals surface area contributed by atoms with E-state index in [0.29, 0.717) is 0 Å². The summed E-state index contributed by atoms with van der Waals surface area (Å²) < 4.78 is 10.9. The fourth-order valence-corrected chi connectivity index (χ4v) is 3.25. The number of nitrogens with zero attached hydrogens (tertiary/aromatic N) is 1. The fourth-order valence-electron chi connectivity index (χ4n) is 3.25. The van der Waals surface area contributed by atoms with Crippen molar-refractivity contribution in [3.8, 4) is 5.75 Å². The van der Waals surface area contributed by atoms with E-state index >= 15 is 0 Å². The standard InChI is InChI=1S/C16H22N2O3/c1-10-16(19)18(14-7-8-21-11(14)2)15(17-10)12-5-4-6-13(9-12)20-3/h4-6,9-11,14-15,17H,7-8H2,1-3H3. The normalized spacial score (nSPS) is 32.7. The maximum Gasteiger partial charge on any atom is 0.241 e. The lowest BCUT2D eigenvalue weighted by atomic mass is 10.1.